The number of rotatable bonds is 6. The molecule has 1 saturated heterocycles. The number of halogens is 4. The van der Waals surface area contributed by atoms with Crippen molar-refractivity contribution in [1.82, 2.24) is 19.7 Å². The summed E-state index contributed by atoms with van der Waals surface area (Å²) in [6.45, 7) is 4.92. The Hall–Kier alpha value is -4.27. The second-order valence-corrected chi connectivity index (χ2v) is 8.90. The van der Waals surface area contributed by atoms with E-state index >= 15 is 0 Å². The Morgan fingerprint density at radius 2 is 1.92 bits per heavy atom. The number of amides is 1. The van der Waals surface area contributed by atoms with Crippen LogP contribution in [0.3, 0.4) is 0 Å². The van der Waals surface area contributed by atoms with Crippen molar-refractivity contribution >= 4 is 22.6 Å². The van der Waals surface area contributed by atoms with E-state index in [1.807, 2.05) is 0 Å². The maximum absolute atomic E-state index is 14.9. The number of nitrogen functional groups attached to an aromatic ring is 1. The number of hydrogen-bond donors (Lipinski definition) is 1. The van der Waals surface area contributed by atoms with Crippen LogP contribution in [-0.4, -0.2) is 58.8 Å². The van der Waals surface area contributed by atoms with Crippen molar-refractivity contribution in [3.63, 3.8) is 0 Å². The fourth-order valence-electron chi connectivity index (χ4n) is 4.46. The SMILES string of the molecule is C=CC(=O)N1CCC(n2nc(C#Cc3c(F)c(OC)cc(OC)c3F)c3c(N)ncc(CC(C)(F)F)c32)C1. The zero-order valence-electron chi connectivity index (χ0n) is 20.9. The average Bonchev–Trinajstić information content (AvgIpc) is 3.50. The quantitative estimate of drug-likeness (QED) is 0.295. The van der Waals surface area contributed by atoms with E-state index in [-0.39, 0.29) is 51.9 Å². The minimum absolute atomic E-state index is 0.0136. The molecule has 3 heterocycles. The number of pyridine rings is 1. The van der Waals surface area contributed by atoms with Crippen LogP contribution in [0.25, 0.3) is 10.9 Å². The normalized spacial score (nSPS) is 15.3. The third kappa shape index (κ3) is 4.96. The van der Waals surface area contributed by atoms with Crippen LogP contribution in [0.5, 0.6) is 11.5 Å². The molecule has 2 aromatic heterocycles. The third-order valence-corrected chi connectivity index (χ3v) is 6.21. The van der Waals surface area contributed by atoms with E-state index in [1.165, 1.54) is 31.2 Å². The largest absolute Gasteiger partial charge is 0.493 e. The van der Waals surface area contributed by atoms with Gasteiger partial charge in [0.05, 0.1) is 31.2 Å². The first kappa shape index (κ1) is 26.8. The van der Waals surface area contributed by atoms with Gasteiger partial charge in [-0.3, -0.25) is 9.48 Å². The monoisotopic (exact) mass is 531 g/mol. The lowest BCUT2D eigenvalue weighted by atomic mass is 10.1. The topological polar surface area (TPSA) is 95.5 Å². The van der Waals surface area contributed by atoms with Gasteiger partial charge in [-0.05, 0) is 25.3 Å². The highest BCUT2D eigenvalue weighted by molar-refractivity contribution is 5.95. The maximum Gasteiger partial charge on any atom is 0.249 e. The Morgan fingerprint density at radius 3 is 2.50 bits per heavy atom. The van der Waals surface area contributed by atoms with E-state index in [1.54, 1.807) is 4.90 Å². The molecule has 4 rings (SSSR count). The van der Waals surface area contributed by atoms with Gasteiger partial charge in [-0.25, -0.2) is 22.5 Å². The number of carbonyl (C=O) groups is 1. The van der Waals surface area contributed by atoms with Crippen LogP contribution in [0, 0.1) is 23.5 Å². The van der Waals surface area contributed by atoms with E-state index in [2.05, 4.69) is 28.5 Å². The Kier molecular flexibility index (Phi) is 7.22. The van der Waals surface area contributed by atoms with Gasteiger partial charge >= 0.3 is 0 Å². The van der Waals surface area contributed by atoms with Gasteiger partial charge < -0.3 is 20.1 Å². The molecule has 1 unspecified atom stereocenters. The fraction of sp³-hybridized carbons (Fsp3) is 0.346. The molecule has 2 N–H and O–H groups in total. The number of fused-ring (bicyclic) bond motifs is 1. The van der Waals surface area contributed by atoms with Crippen molar-refractivity contribution < 1.29 is 31.8 Å². The molecule has 3 aromatic rings. The van der Waals surface area contributed by atoms with E-state index in [9.17, 15) is 22.4 Å². The Bertz CT molecular complexity index is 1460. The van der Waals surface area contributed by atoms with Crippen LogP contribution in [0.4, 0.5) is 23.4 Å². The number of aromatic nitrogens is 3. The van der Waals surface area contributed by atoms with E-state index in [4.69, 9.17) is 15.2 Å². The van der Waals surface area contributed by atoms with Crippen LogP contribution in [0.2, 0.25) is 0 Å². The van der Waals surface area contributed by atoms with Gasteiger partial charge in [0.2, 0.25) is 11.8 Å². The highest BCUT2D eigenvalue weighted by Gasteiger charge is 2.32. The van der Waals surface area contributed by atoms with Crippen molar-refractivity contribution in [1.29, 1.82) is 0 Å². The molecule has 1 aliphatic heterocycles. The van der Waals surface area contributed by atoms with Crippen molar-refractivity contribution in [2.75, 3.05) is 33.0 Å². The van der Waals surface area contributed by atoms with Crippen molar-refractivity contribution in [2.24, 2.45) is 0 Å². The molecule has 38 heavy (non-hydrogen) atoms. The fourth-order valence-corrected chi connectivity index (χ4v) is 4.46. The minimum atomic E-state index is -3.07. The molecule has 0 aliphatic carbocycles. The number of likely N-dealkylation sites (tertiary alicyclic amines) is 1. The summed E-state index contributed by atoms with van der Waals surface area (Å²) in [5.41, 5.74) is 5.92. The molecule has 200 valence electrons. The molecule has 1 atom stereocenters. The highest BCUT2D eigenvalue weighted by Crippen LogP contribution is 2.35. The zero-order chi connectivity index (χ0) is 27.8. The molecular weight excluding hydrogens is 506 g/mol. The van der Waals surface area contributed by atoms with E-state index in [0.717, 1.165) is 13.0 Å². The molecule has 0 saturated carbocycles. The van der Waals surface area contributed by atoms with Crippen LogP contribution in [-0.2, 0) is 11.2 Å². The summed E-state index contributed by atoms with van der Waals surface area (Å²) in [5, 5.41) is 4.68. The molecule has 0 radical (unpaired) electrons. The molecule has 1 aliphatic rings. The number of methoxy groups -OCH3 is 2. The number of nitrogens with zero attached hydrogens (tertiary/aromatic N) is 4. The summed E-state index contributed by atoms with van der Waals surface area (Å²) in [4.78, 5) is 17.7. The van der Waals surface area contributed by atoms with E-state index < -0.39 is 35.6 Å². The highest BCUT2D eigenvalue weighted by atomic mass is 19.3. The number of benzene rings is 1. The molecule has 8 nitrogen and oxygen atoms in total. The van der Waals surface area contributed by atoms with Crippen LogP contribution in [0.1, 0.15) is 36.2 Å². The molecule has 1 amide bonds. The predicted molar refractivity (Wildman–Crippen MR) is 132 cm³/mol. The number of alkyl halides is 2. The van der Waals surface area contributed by atoms with Crippen molar-refractivity contribution in [2.45, 2.75) is 31.7 Å². The zero-order valence-corrected chi connectivity index (χ0v) is 20.9. The molecule has 12 heteroatoms. The first-order valence-corrected chi connectivity index (χ1v) is 11.6. The first-order valence-electron chi connectivity index (χ1n) is 11.6. The number of hydrogen-bond acceptors (Lipinski definition) is 6. The summed E-state index contributed by atoms with van der Waals surface area (Å²) in [5.74, 6) is -0.991. The molecule has 0 bridgehead atoms. The van der Waals surface area contributed by atoms with Crippen LogP contribution in [0.15, 0.2) is 24.9 Å². The van der Waals surface area contributed by atoms with Crippen LogP contribution >= 0.6 is 0 Å². The lowest BCUT2D eigenvalue weighted by Gasteiger charge is -2.17. The maximum atomic E-state index is 14.9. The predicted octanol–water partition coefficient (Wildman–Crippen LogP) is 3.87. The Morgan fingerprint density at radius 1 is 1.26 bits per heavy atom. The Balaban J connectivity index is 1.92. The van der Waals surface area contributed by atoms with Crippen LogP contribution < -0.4 is 15.2 Å². The van der Waals surface area contributed by atoms with Gasteiger partial charge in [0.25, 0.3) is 0 Å². The van der Waals surface area contributed by atoms with Gasteiger partial charge in [0.15, 0.2) is 23.1 Å². The molecule has 1 aromatic carbocycles. The van der Waals surface area contributed by atoms with Crippen molar-refractivity contribution in [3.8, 4) is 23.3 Å². The van der Waals surface area contributed by atoms with E-state index in [0.29, 0.717) is 13.0 Å². The van der Waals surface area contributed by atoms with Gasteiger partial charge in [-0.2, -0.15) is 5.10 Å². The number of nitrogens with two attached hydrogens (primary N) is 1. The summed E-state index contributed by atoms with van der Waals surface area (Å²) in [7, 11) is 2.42. The molecule has 1 fully saturated rings. The van der Waals surface area contributed by atoms with Gasteiger partial charge in [0, 0.05) is 37.3 Å². The van der Waals surface area contributed by atoms with Gasteiger partial charge in [0.1, 0.15) is 17.1 Å². The first-order chi connectivity index (χ1) is 18.0. The van der Waals surface area contributed by atoms with Gasteiger partial charge in [-0.1, -0.05) is 12.5 Å². The summed E-state index contributed by atoms with van der Waals surface area (Å²) in [6, 6.07) is 0.656. The number of anilines is 1. The second-order valence-electron chi connectivity index (χ2n) is 8.90. The smallest absolute Gasteiger partial charge is 0.249 e. The average molecular weight is 532 g/mol. The third-order valence-electron chi connectivity index (χ3n) is 6.21. The lowest BCUT2D eigenvalue weighted by molar-refractivity contribution is -0.125. The number of carbonyl (C=O) groups excluding carboxylic acids is 1. The molecular formula is C26H25F4N5O3. The summed E-state index contributed by atoms with van der Waals surface area (Å²) < 4.78 is 69.3. The second kappa shape index (κ2) is 10.2. The number of ether oxygens (including phenoxy) is 2. The summed E-state index contributed by atoms with van der Waals surface area (Å²) in [6.07, 6.45) is 2.26. The minimum Gasteiger partial charge on any atom is -0.493 e. The standard InChI is InChI=1S/C26H25F4N5O3/c1-5-20(36)34-9-8-15(13-34)35-24-14(11-26(2,29)30)12-32-25(31)21(24)17(33-35)7-6-16-22(27)18(37-3)10-19(38-4)23(16)28/h5,10,12,15H,1,8-9,11,13H2,2-4H3,(H2,31,32). The molecule has 0 spiro atoms. The Labute approximate surface area is 216 Å². The summed E-state index contributed by atoms with van der Waals surface area (Å²) >= 11 is 0. The van der Waals surface area contributed by atoms with Gasteiger partial charge in [-0.15, -0.1) is 0 Å². The van der Waals surface area contributed by atoms with Crippen molar-refractivity contribution in [3.05, 3.63) is 53.4 Å². The lowest BCUT2D eigenvalue weighted by Crippen LogP contribution is -2.27.